The second-order valence-electron chi connectivity index (χ2n) is 9.76. The Bertz CT molecular complexity index is 1090. The number of nitrogens with one attached hydrogen (secondary N) is 1. The highest BCUT2D eigenvalue weighted by Gasteiger charge is 2.32. The van der Waals surface area contributed by atoms with Gasteiger partial charge in [-0.1, -0.05) is 72.3 Å². The van der Waals surface area contributed by atoms with E-state index in [4.69, 9.17) is 0 Å². The summed E-state index contributed by atoms with van der Waals surface area (Å²) < 4.78 is 13.5. The van der Waals surface area contributed by atoms with Crippen LogP contribution in [0.4, 0.5) is 4.39 Å². The van der Waals surface area contributed by atoms with E-state index in [-0.39, 0.29) is 30.6 Å². The number of hydrogen-bond acceptors (Lipinski definition) is 2. The molecule has 3 aromatic carbocycles. The third-order valence-electron chi connectivity index (χ3n) is 5.51. The average Bonchev–Trinajstić information content (AvgIpc) is 2.78. The molecule has 0 heterocycles. The molecule has 1 atom stereocenters. The number of amides is 2. The van der Waals surface area contributed by atoms with Crippen LogP contribution in [0.25, 0.3) is 0 Å². The van der Waals surface area contributed by atoms with E-state index in [2.05, 4.69) is 5.32 Å². The van der Waals surface area contributed by atoms with Gasteiger partial charge in [-0.2, -0.15) is 0 Å². The minimum absolute atomic E-state index is 0.154. The standard InChI is InChI=1S/C29H33FN2O2/c1-21-10-12-23(13-11-21)19-27(33)32(20-24-14-16-25(30)17-15-24)26(28(34)31-29(2,3)4)18-22-8-6-5-7-9-22/h5-17,26H,18-20H2,1-4H3,(H,31,34). The maximum atomic E-state index is 13.6. The molecular formula is C29H33FN2O2. The van der Waals surface area contributed by atoms with Crippen LogP contribution in [-0.2, 0) is 29.0 Å². The highest BCUT2D eigenvalue weighted by Crippen LogP contribution is 2.18. The first-order valence-corrected chi connectivity index (χ1v) is 11.6. The molecule has 0 aromatic heterocycles. The van der Waals surface area contributed by atoms with Gasteiger partial charge in [0, 0.05) is 18.5 Å². The molecule has 0 aliphatic rings. The van der Waals surface area contributed by atoms with Crippen molar-refractivity contribution in [3.63, 3.8) is 0 Å². The summed E-state index contributed by atoms with van der Waals surface area (Å²) in [5.41, 5.74) is 3.28. The number of nitrogens with zero attached hydrogens (tertiary/aromatic N) is 1. The molecule has 0 aliphatic carbocycles. The Morgan fingerprint density at radius 1 is 0.853 bits per heavy atom. The lowest BCUT2D eigenvalue weighted by Gasteiger charge is -2.34. The molecule has 1 N–H and O–H groups in total. The summed E-state index contributed by atoms with van der Waals surface area (Å²) in [6.07, 6.45) is 0.555. The van der Waals surface area contributed by atoms with Gasteiger partial charge < -0.3 is 10.2 Å². The fraction of sp³-hybridized carbons (Fsp3) is 0.310. The summed E-state index contributed by atoms with van der Waals surface area (Å²) in [6.45, 7) is 7.97. The minimum Gasteiger partial charge on any atom is -0.350 e. The summed E-state index contributed by atoms with van der Waals surface area (Å²) in [4.78, 5) is 28.8. The van der Waals surface area contributed by atoms with Gasteiger partial charge >= 0.3 is 0 Å². The van der Waals surface area contributed by atoms with E-state index < -0.39 is 11.6 Å². The molecule has 3 aromatic rings. The second kappa shape index (κ2) is 11.1. The fourth-order valence-electron chi connectivity index (χ4n) is 3.78. The molecule has 3 rings (SSSR count). The number of benzene rings is 3. The Kier molecular flexibility index (Phi) is 8.21. The predicted octanol–water partition coefficient (Wildman–Crippen LogP) is 5.23. The predicted molar refractivity (Wildman–Crippen MR) is 134 cm³/mol. The van der Waals surface area contributed by atoms with E-state index in [1.807, 2.05) is 82.3 Å². The summed E-state index contributed by atoms with van der Waals surface area (Å²) in [5.74, 6) is -0.707. The summed E-state index contributed by atoms with van der Waals surface area (Å²) >= 11 is 0. The Hall–Kier alpha value is -3.47. The van der Waals surface area contributed by atoms with Crippen LogP contribution in [0, 0.1) is 12.7 Å². The van der Waals surface area contributed by atoms with Crippen molar-refractivity contribution in [2.45, 2.75) is 58.7 Å². The monoisotopic (exact) mass is 460 g/mol. The molecule has 0 spiro atoms. The van der Waals surface area contributed by atoms with Crippen molar-refractivity contribution in [2.75, 3.05) is 0 Å². The first-order valence-electron chi connectivity index (χ1n) is 11.6. The topological polar surface area (TPSA) is 49.4 Å². The summed E-state index contributed by atoms with van der Waals surface area (Å²) in [7, 11) is 0. The molecule has 4 nitrogen and oxygen atoms in total. The van der Waals surface area contributed by atoms with E-state index in [1.54, 1.807) is 17.0 Å². The van der Waals surface area contributed by atoms with Crippen molar-refractivity contribution in [1.29, 1.82) is 0 Å². The van der Waals surface area contributed by atoms with E-state index in [0.29, 0.717) is 6.42 Å². The lowest BCUT2D eigenvalue weighted by atomic mass is 9.99. The van der Waals surface area contributed by atoms with Crippen molar-refractivity contribution < 1.29 is 14.0 Å². The maximum absolute atomic E-state index is 13.6. The van der Waals surface area contributed by atoms with Crippen molar-refractivity contribution in [1.82, 2.24) is 10.2 Å². The Morgan fingerprint density at radius 2 is 1.44 bits per heavy atom. The van der Waals surface area contributed by atoms with Gasteiger partial charge in [-0.15, -0.1) is 0 Å². The van der Waals surface area contributed by atoms with Crippen LogP contribution in [0.1, 0.15) is 43.0 Å². The van der Waals surface area contributed by atoms with Crippen molar-refractivity contribution in [3.8, 4) is 0 Å². The second-order valence-corrected chi connectivity index (χ2v) is 9.76. The quantitative estimate of drug-likeness (QED) is 0.500. The van der Waals surface area contributed by atoms with Gasteiger partial charge in [0.05, 0.1) is 6.42 Å². The zero-order valence-electron chi connectivity index (χ0n) is 20.3. The average molecular weight is 461 g/mol. The smallest absolute Gasteiger partial charge is 0.243 e. The van der Waals surface area contributed by atoms with Crippen LogP contribution in [0.15, 0.2) is 78.9 Å². The van der Waals surface area contributed by atoms with Crippen molar-refractivity contribution in [2.24, 2.45) is 0 Å². The van der Waals surface area contributed by atoms with E-state index in [9.17, 15) is 14.0 Å². The lowest BCUT2D eigenvalue weighted by molar-refractivity contribution is -0.141. The van der Waals surface area contributed by atoms with Gasteiger partial charge in [-0.3, -0.25) is 9.59 Å². The van der Waals surface area contributed by atoms with Gasteiger partial charge in [0.15, 0.2) is 0 Å². The highest BCUT2D eigenvalue weighted by atomic mass is 19.1. The molecule has 0 fully saturated rings. The molecule has 1 unspecified atom stereocenters. The normalized spacial score (nSPS) is 12.1. The third kappa shape index (κ3) is 7.55. The van der Waals surface area contributed by atoms with Crippen molar-refractivity contribution in [3.05, 3.63) is 107 Å². The summed E-state index contributed by atoms with van der Waals surface area (Å²) in [6, 6.07) is 22.8. The van der Waals surface area contributed by atoms with E-state index >= 15 is 0 Å². The molecule has 0 saturated carbocycles. The largest absolute Gasteiger partial charge is 0.350 e. The zero-order chi connectivity index (χ0) is 24.7. The van der Waals surface area contributed by atoms with Crippen LogP contribution in [0.5, 0.6) is 0 Å². The third-order valence-corrected chi connectivity index (χ3v) is 5.51. The number of hydrogen-bond donors (Lipinski definition) is 1. The molecule has 2 amide bonds. The molecule has 0 aliphatic heterocycles. The molecule has 5 heteroatoms. The van der Waals surface area contributed by atoms with Crippen LogP contribution < -0.4 is 5.32 Å². The Morgan fingerprint density at radius 3 is 2.03 bits per heavy atom. The van der Waals surface area contributed by atoms with Crippen molar-refractivity contribution >= 4 is 11.8 Å². The van der Waals surface area contributed by atoms with Crippen LogP contribution >= 0.6 is 0 Å². The SMILES string of the molecule is Cc1ccc(CC(=O)N(Cc2ccc(F)cc2)C(Cc2ccccc2)C(=O)NC(C)(C)C)cc1. The Labute approximate surface area is 201 Å². The van der Waals surface area contributed by atoms with Gasteiger partial charge in [-0.05, 0) is 56.5 Å². The first kappa shape index (κ1) is 25.2. The maximum Gasteiger partial charge on any atom is 0.243 e. The molecular weight excluding hydrogens is 427 g/mol. The van der Waals surface area contributed by atoms with Gasteiger partial charge in [0.25, 0.3) is 0 Å². The van der Waals surface area contributed by atoms with Crippen LogP contribution in [0.3, 0.4) is 0 Å². The fourth-order valence-corrected chi connectivity index (χ4v) is 3.78. The number of halogens is 1. The van der Waals surface area contributed by atoms with Gasteiger partial charge in [0.1, 0.15) is 11.9 Å². The number of aryl methyl sites for hydroxylation is 1. The first-order chi connectivity index (χ1) is 16.1. The number of carbonyl (C=O) groups excluding carboxylic acids is 2. The summed E-state index contributed by atoms with van der Waals surface area (Å²) in [5, 5.41) is 3.05. The molecule has 0 bridgehead atoms. The number of carbonyl (C=O) groups is 2. The van der Waals surface area contributed by atoms with E-state index in [0.717, 1.165) is 22.3 Å². The minimum atomic E-state index is -0.718. The van der Waals surface area contributed by atoms with Gasteiger partial charge in [-0.25, -0.2) is 4.39 Å². The molecule has 0 saturated heterocycles. The lowest BCUT2D eigenvalue weighted by Crippen LogP contribution is -2.54. The molecule has 178 valence electrons. The van der Waals surface area contributed by atoms with Crippen LogP contribution in [-0.4, -0.2) is 28.3 Å². The Balaban J connectivity index is 1.97. The number of rotatable bonds is 8. The zero-order valence-corrected chi connectivity index (χ0v) is 20.3. The molecule has 0 radical (unpaired) electrons. The van der Waals surface area contributed by atoms with E-state index in [1.165, 1.54) is 12.1 Å². The van der Waals surface area contributed by atoms with Gasteiger partial charge in [0.2, 0.25) is 11.8 Å². The highest BCUT2D eigenvalue weighted by molar-refractivity contribution is 5.89. The molecule has 34 heavy (non-hydrogen) atoms. The van der Waals surface area contributed by atoms with Crippen LogP contribution in [0.2, 0.25) is 0 Å².